The van der Waals surface area contributed by atoms with Crippen molar-refractivity contribution in [3.8, 4) is 0 Å². The van der Waals surface area contributed by atoms with Crippen molar-refractivity contribution in [2.45, 2.75) is 32.5 Å². The molecule has 1 atom stereocenters. The van der Waals surface area contributed by atoms with E-state index in [0.717, 1.165) is 0 Å². The number of carbonyl (C=O) groups is 1. The first-order chi connectivity index (χ1) is 8.30. The highest BCUT2D eigenvalue weighted by atomic mass is 16.6. The fourth-order valence-corrected chi connectivity index (χ4v) is 1.35. The summed E-state index contributed by atoms with van der Waals surface area (Å²) in [5.74, 6) is 0. The largest absolute Gasteiger partial charge is 0.444 e. The molecule has 1 rings (SSSR count). The lowest BCUT2D eigenvalue weighted by Crippen LogP contribution is -2.32. The Bertz CT molecular complexity index is 403. The van der Waals surface area contributed by atoms with Gasteiger partial charge < -0.3 is 15.2 Å². The third kappa shape index (κ3) is 5.05. The molecule has 0 spiro atoms. The maximum atomic E-state index is 11.6. The average molecular weight is 252 g/mol. The summed E-state index contributed by atoms with van der Waals surface area (Å²) in [5.41, 5.74) is 6.35. The molecule has 5 heteroatoms. The quantitative estimate of drug-likeness (QED) is 0.786. The standard InChI is InChI=1S/C13H20N2O3/c1-13(2,3)18-12(16)15-10-6-5-9(14)7-11(8-10)17-4/h5-8,11H,14H2,1-4H3,(H,15,16). The smallest absolute Gasteiger partial charge is 0.412 e. The Morgan fingerprint density at radius 3 is 2.56 bits per heavy atom. The van der Waals surface area contributed by atoms with E-state index in [1.165, 1.54) is 0 Å². The molecule has 0 aromatic heterocycles. The highest BCUT2D eigenvalue weighted by Crippen LogP contribution is 2.11. The van der Waals surface area contributed by atoms with Gasteiger partial charge in [0.2, 0.25) is 0 Å². The van der Waals surface area contributed by atoms with Crippen molar-refractivity contribution >= 4 is 6.09 Å². The lowest BCUT2D eigenvalue weighted by molar-refractivity contribution is 0.0547. The summed E-state index contributed by atoms with van der Waals surface area (Å²) in [5, 5.41) is 2.64. The molecule has 18 heavy (non-hydrogen) atoms. The van der Waals surface area contributed by atoms with E-state index < -0.39 is 11.7 Å². The molecule has 1 amide bonds. The molecule has 0 radical (unpaired) electrons. The second kappa shape index (κ2) is 5.73. The van der Waals surface area contributed by atoms with Crippen LogP contribution in [0.2, 0.25) is 0 Å². The molecule has 1 aliphatic rings. The van der Waals surface area contributed by atoms with E-state index in [2.05, 4.69) is 5.32 Å². The van der Waals surface area contributed by atoms with Crippen LogP contribution in [0, 0.1) is 0 Å². The number of rotatable bonds is 2. The van der Waals surface area contributed by atoms with Crippen molar-refractivity contribution in [1.82, 2.24) is 5.32 Å². The summed E-state index contributed by atoms with van der Waals surface area (Å²) >= 11 is 0. The van der Waals surface area contributed by atoms with Gasteiger partial charge in [-0.25, -0.2) is 4.79 Å². The number of nitrogens with two attached hydrogens (primary N) is 1. The Morgan fingerprint density at radius 2 is 2.00 bits per heavy atom. The van der Waals surface area contributed by atoms with E-state index in [-0.39, 0.29) is 6.10 Å². The molecule has 0 heterocycles. The molecule has 0 aliphatic heterocycles. The van der Waals surface area contributed by atoms with E-state index in [9.17, 15) is 4.79 Å². The van der Waals surface area contributed by atoms with Crippen molar-refractivity contribution in [2.24, 2.45) is 5.73 Å². The van der Waals surface area contributed by atoms with Gasteiger partial charge in [0.05, 0.1) is 6.10 Å². The lowest BCUT2D eigenvalue weighted by atomic mass is 10.2. The lowest BCUT2D eigenvalue weighted by Gasteiger charge is -2.20. The Morgan fingerprint density at radius 1 is 1.33 bits per heavy atom. The van der Waals surface area contributed by atoms with Crippen molar-refractivity contribution in [3.63, 3.8) is 0 Å². The van der Waals surface area contributed by atoms with Gasteiger partial charge in [-0.15, -0.1) is 0 Å². The molecule has 0 fully saturated rings. The molecule has 100 valence electrons. The minimum atomic E-state index is -0.531. The predicted octanol–water partition coefficient (Wildman–Crippen LogP) is 1.82. The Labute approximate surface area is 107 Å². The van der Waals surface area contributed by atoms with Crippen molar-refractivity contribution in [2.75, 3.05) is 7.11 Å². The van der Waals surface area contributed by atoms with Gasteiger partial charge in [0.15, 0.2) is 0 Å². The molecule has 3 N–H and O–H groups in total. The molecule has 5 nitrogen and oxygen atoms in total. The van der Waals surface area contributed by atoms with Crippen LogP contribution in [0.5, 0.6) is 0 Å². The fraction of sp³-hybridized carbons (Fsp3) is 0.462. The zero-order valence-corrected chi connectivity index (χ0v) is 11.2. The van der Waals surface area contributed by atoms with Crippen LogP contribution < -0.4 is 11.1 Å². The molecule has 0 aromatic carbocycles. The van der Waals surface area contributed by atoms with Gasteiger partial charge in [0.25, 0.3) is 0 Å². The summed E-state index contributed by atoms with van der Waals surface area (Å²) in [6.45, 7) is 5.42. The van der Waals surface area contributed by atoms with Crippen LogP contribution in [-0.4, -0.2) is 24.9 Å². The predicted molar refractivity (Wildman–Crippen MR) is 69.7 cm³/mol. The molecule has 0 bridgehead atoms. The summed E-state index contributed by atoms with van der Waals surface area (Å²) in [4.78, 5) is 11.6. The number of methoxy groups -OCH3 is 1. The number of nitrogens with one attached hydrogen (secondary N) is 1. The molecule has 0 saturated heterocycles. The van der Waals surface area contributed by atoms with Crippen LogP contribution in [0.15, 0.2) is 35.7 Å². The number of ether oxygens (including phenoxy) is 2. The maximum Gasteiger partial charge on any atom is 0.412 e. The van der Waals surface area contributed by atoms with E-state index in [1.54, 1.807) is 52.2 Å². The Balaban J connectivity index is 2.70. The van der Waals surface area contributed by atoms with Gasteiger partial charge in [-0.1, -0.05) is 0 Å². The normalized spacial score (nSPS) is 19.7. The maximum absolute atomic E-state index is 11.6. The second-order valence-electron chi connectivity index (χ2n) is 4.95. The van der Waals surface area contributed by atoms with Gasteiger partial charge in [-0.2, -0.15) is 0 Å². The number of carbonyl (C=O) groups excluding carboxylic acids is 1. The van der Waals surface area contributed by atoms with E-state index in [1.807, 2.05) is 0 Å². The third-order valence-electron chi connectivity index (χ3n) is 2.07. The Kier molecular flexibility index (Phi) is 4.55. The summed E-state index contributed by atoms with van der Waals surface area (Å²) < 4.78 is 10.4. The van der Waals surface area contributed by atoms with Gasteiger partial charge in [-0.05, 0) is 45.1 Å². The van der Waals surface area contributed by atoms with Crippen LogP contribution in [0.3, 0.4) is 0 Å². The van der Waals surface area contributed by atoms with Gasteiger partial charge in [0.1, 0.15) is 5.60 Å². The Hall–Kier alpha value is -1.75. The van der Waals surface area contributed by atoms with Gasteiger partial charge >= 0.3 is 6.09 Å². The minimum absolute atomic E-state index is 0.273. The highest BCUT2D eigenvalue weighted by molar-refractivity contribution is 5.71. The molecule has 0 saturated carbocycles. The second-order valence-corrected chi connectivity index (χ2v) is 4.95. The van der Waals surface area contributed by atoms with Crippen molar-refractivity contribution < 1.29 is 14.3 Å². The SMILES string of the molecule is COC1C=C(N)C=CC(NC(=O)OC(C)(C)C)=C1. The van der Waals surface area contributed by atoms with Gasteiger partial charge in [-0.3, -0.25) is 5.32 Å². The van der Waals surface area contributed by atoms with Gasteiger partial charge in [0, 0.05) is 18.5 Å². The minimum Gasteiger partial charge on any atom is -0.444 e. The summed E-state index contributed by atoms with van der Waals surface area (Å²) in [7, 11) is 1.57. The van der Waals surface area contributed by atoms with E-state index in [0.29, 0.717) is 11.4 Å². The van der Waals surface area contributed by atoms with E-state index >= 15 is 0 Å². The zero-order chi connectivity index (χ0) is 13.8. The number of amides is 1. The summed E-state index contributed by atoms with van der Waals surface area (Å²) in [6, 6.07) is 0. The number of hydrogen-bond donors (Lipinski definition) is 2. The van der Waals surface area contributed by atoms with Crippen LogP contribution in [0.1, 0.15) is 20.8 Å². The first kappa shape index (κ1) is 14.3. The number of alkyl carbamates (subject to hydrolysis) is 1. The van der Waals surface area contributed by atoms with Crippen molar-refractivity contribution in [1.29, 1.82) is 0 Å². The average Bonchev–Trinajstić information content (AvgIpc) is 2.38. The summed E-state index contributed by atoms with van der Waals surface area (Å²) in [6.07, 6.45) is 6.12. The first-order valence-electron chi connectivity index (χ1n) is 5.70. The number of allylic oxidation sites excluding steroid dienone is 2. The van der Waals surface area contributed by atoms with Crippen LogP contribution in [0.25, 0.3) is 0 Å². The molecular weight excluding hydrogens is 232 g/mol. The molecule has 0 aromatic rings. The monoisotopic (exact) mass is 252 g/mol. The van der Waals surface area contributed by atoms with E-state index in [4.69, 9.17) is 15.2 Å². The van der Waals surface area contributed by atoms with Crippen LogP contribution in [-0.2, 0) is 9.47 Å². The molecule has 1 aliphatic carbocycles. The van der Waals surface area contributed by atoms with Crippen LogP contribution >= 0.6 is 0 Å². The topological polar surface area (TPSA) is 73.6 Å². The third-order valence-corrected chi connectivity index (χ3v) is 2.07. The number of hydrogen-bond acceptors (Lipinski definition) is 4. The fourth-order valence-electron chi connectivity index (χ4n) is 1.35. The van der Waals surface area contributed by atoms with Crippen LogP contribution in [0.4, 0.5) is 4.79 Å². The highest BCUT2D eigenvalue weighted by Gasteiger charge is 2.17. The van der Waals surface area contributed by atoms with Crippen molar-refractivity contribution in [3.05, 3.63) is 35.7 Å². The molecular formula is C13H20N2O3. The zero-order valence-electron chi connectivity index (χ0n) is 11.2. The first-order valence-corrected chi connectivity index (χ1v) is 5.70. The molecule has 1 unspecified atom stereocenters.